The predicted octanol–water partition coefficient (Wildman–Crippen LogP) is 2.00. The van der Waals surface area contributed by atoms with Crippen LogP contribution in [0.5, 0.6) is 0 Å². The van der Waals surface area contributed by atoms with Crippen molar-refractivity contribution >= 4 is 46.0 Å². The van der Waals surface area contributed by atoms with Crippen molar-refractivity contribution in [2.75, 3.05) is 0 Å². The normalized spacial score (nSPS) is 11.2. The summed E-state index contributed by atoms with van der Waals surface area (Å²) in [7, 11) is 1.91. The Bertz CT molecular complexity index is 603. The van der Waals surface area contributed by atoms with Gasteiger partial charge >= 0.3 is 0 Å². The lowest BCUT2D eigenvalue weighted by molar-refractivity contribution is 0.968. The molecule has 17 heavy (non-hydrogen) atoms. The van der Waals surface area contributed by atoms with E-state index in [4.69, 9.17) is 17.3 Å². The summed E-state index contributed by atoms with van der Waals surface area (Å²) in [5.74, 6) is 0. The maximum atomic E-state index is 6.23. The lowest BCUT2D eigenvalue weighted by Gasteiger charge is -1.95. The van der Waals surface area contributed by atoms with Crippen LogP contribution in [0.1, 0.15) is 5.56 Å². The van der Waals surface area contributed by atoms with Crippen molar-refractivity contribution in [2.45, 2.75) is 0 Å². The maximum Gasteiger partial charge on any atom is 0.184 e. The third-order valence-corrected chi connectivity index (χ3v) is 2.99. The van der Waals surface area contributed by atoms with Gasteiger partial charge in [0.05, 0.1) is 6.21 Å². The standard InChI is InChI=1S/C11H11ClN4S/c1-16-9-5-3-2-4-7(9)8(10(16)12)6-14-15-11(13)17/h2-6H,1H3,(H3,13,15,17)/b14-6+. The van der Waals surface area contributed by atoms with E-state index >= 15 is 0 Å². The zero-order valence-electron chi connectivity index (χ0n) is 9.14. The average Bonchev–Trinajstić information content (AvgIpc) is 2.54. The lowest BCUT2D eigenvalue weighted by atomic mass is 10.2. The Labute approximate surface area is 109 Å². The van der Waals surface area contributed by atoms with Crippen molar-refractivity contribution in [3.05, 3.63) is 35.0 Å². The van der Waals surface area contributed by atoms with E-state index in [-0.39, 0.29) is 5.11 Å². The first-order chi connectivity index (χ1) is 8.11. The Morgan fingerprint density at radius 1 is 1.53 bits per heavy atom. The number of aryl methyl sites for hydroxylation is 1. The SMILES string of the molecule is Cn1c(Cl)c(/C=N/NC(N)=S)c2ccccc21. The van der Waals surface area contributed by atoms with Gasteiger partial charge in [-0.3, -0.25) is 5.43 Å². The summed E-state index contributed by atoms with van der Waals surface area (Å²) in [4.78, 5) is 0. The molecule has 0 spiro atoms. The number of thiocarbonyl (C=S) groups is 1. The van der Waals surface area contributed by atoms with E-state index in [0.717, 1.165) is 16.5 Å². The number of hydrazone groups is 1. The van der Waals surface area contributed by atoms with E-state index < -0.39 is 0 Å². The smallest absolute Gasteiger partial charge is 0.184 e. The molecule has 4 nitrogen and oxygen atoms in total. The van der Waals surface area contributed by atoms with Gasteiger partial charge in [-0.15, -0.1) is 0 Å². The van der Waals surface area contributed by atoms with Crippen molar-refractivity contribution in [1.82, 2.24) is 9.99 Å². The summed E-state index contributed by atoms with van der Waals surface area (Å²) >= 11 is 10.9. The van der Waals surface area contributed by atoms with Crippen LogP contribution in [0.2, 0.25) is 5.15 Å². The van der Waals surface area contributed by atoms with Gasteiger partial charge in [0, 0.05) is 23.5 Å². The highest BCUT2D eigenvalue weighted by Gasteiger charge is 2.10. The number of hydrogen-bond acceptors (Lipinski definition) is 2. The van der Waals surface area contributed by atoms with Crippen LogP contribution in [-0.4, -0.2) is 15.9 Å². The number of halogens is 1. The first kappa shape index (κ1) is 11.9. The fourth-order valence-corrected chi connectivity index (χ4v) is 1.97. The van der Waals surface area contributed by atoms with Crippen LogP contribution in [0, 0.1) is 0 Å². The number of aromatic nitrogens is 1. The van der Waals surface area contributed by atoms with Crippen LogP contribution in [0.3, 0.4) is 0 Å². The van der Waals surface area contributed by atoms with Crippen LogP contribution < -0.4 is 11.2 Å². The molecular formula is C11H11ClN4S. The summed E-state index contributed by atoms with van der Waals surface area (Å²) < 4.78 is 1.90. The van der Waals surface area contributed by atoms with Crippen molar-refractivity contribution < 1.29 is 0 Å². The monoisotopic (exact) mass is 266 g/mol. The number of benzene rings is 1. The maximum absolute atomic E-state index is 6.23. The van der Waals surface area contributed by atoms with E-state index in [2.05, 4.69) is 22.7 Å². The van der Waals surface area contributed by atoms with Crippen molar-refractivity contribution in [3.8, 4) is 0 Å². The number of nitrogens with two attached hydrogens (primary N) is 1. The molecule has 1 aromatic carbocycles. The second kappa shape index (κ2) is 4.73. The van der Waals surface area contributed by atoms with E-state index in [1.54, 1.807) is 6.21 Å². The van der Waals surface area contributed by atoms with Gasteiger partial charge in [0.2, 0.25) is 0 Å². The van der Waals surface area contributed by atoms with Gasteiger partial charge in [-0.25, -0.2) is 0 Å². The highest BCUT2D eigenvalue weighted by atomic mass is 35.5. The Morgan fingerprint density at radius 2 is 2.24 bits per heavy atom. The number of rotatable bonds is 2. The van der Waals surface area contributed by atoms with E-state index in [9.17, 15) is 0 Å². The molecule has 0 fully saturated rings. The molecule has 88 valence electrons. The number of fused-ring (bicyclic) bond motifs is 1. The molecule has 0 unspecified atom stereocenters. The largest absolute Gasteiger partial charge is 0.375 e. The molecule has 2 aromatic rings. The lowest BCUT2D eigenvalue weighted by Crippen LogP contribution is -2.24. The molecule has 0 amide bonds. The van der Waals surface area contributed by atoms with Gasteiger partial charge < -0.3 is 10.3 Å². The van der Waals surface area contributed by atoms with Gasteiger partial charge in [-0.2, -0.15) is 5.10 Å². The molecule has 1 aromatic heterocycles. The summed E-state index contributed by atoms with van der Waals surface area (Å²) in [6.07, 6.45) is 1.61. The number of nitrogens with zero attached hydrogens (tertiary/aromatic N) is 2. The van der Waals surface area contributed by atoms with Gasteiger partial charge in [-0.1, -0.05) is 29.8 Å². The molecular weight excluding hydrogens is 256 g/mol. The Kier molecular flexibility index (Phi) is 3.31. The molecule has 3 N–H and O–H groups in total. The molecule has 6 heteroatoms. The molecule has 0 aliphatic rings. The number of nitrogens with one attached hydrogen (secondary N) is 1. The van der Waals surface area contributed by atoms with Crippen molar-refractivity contribution in [2.24, 2.45) is 17.9 Å². The molecule has 0 bridgehead atoms. The molecule has 0 saturated heterocycles. The highest BCUT2D eigenvalue weighted by molar-refractivity contribution is 7.80. The van der Waals surface area contributed by atoms with Crippen LogP contribution in [-0.2, 0) is 7.05 Å². The zero-order valence-corrected chi connectivity index (χ0v) is 10.7. The van der Waals surface area contributed by atoms with Crippen molar-refractivity contribution in [3.63, 3.8) is 0 Å². The predicted molar refractivity (Wildman–Crippen MR) is 75.4 cm³/mol. The third kappa shape index (κ3) is 2.25. The quantitative estimate of drug-likeness (QED) is 0.497. The average molecular weight is 267 g/mol. The minimum atomic E-state index is 0.123. The Balaban J connectivity index is 2.50. The van der Waals surface area contributed by atoms with Crippen LogP contribution in [0.15, 0.2) is 29.4 Å². The van der Waals surface area contributed by atoms with E-state index in [0.29, 0.717) is 5.15 Å². The molecule has 0 aliphatic heterocycles. The minimum absolute atomic E-state index is 0.123. The Hall–Kier alpha value is -1.59. The summed E-state index contributed by atoms with van der Waals surface area (Å²) in [5.41, 5.74) is 9.68. The van der Waals surface area contributed by atoms with Gasteiger partial charge in [0.1, 0.15) is 5.15 Å². The Morgan fingerprint density at radius 3 is 2.94 bits per heavy atom. The second-order valence-corrected chi connectivity index (χ2v) is 4.31. The van der Waals surface area contributed by atoms with Gasteiger partial charge in [0.15, 0.2) is 5.11 Å². The first-order valence-electron chi connectivity index (χ1n) is 4.92. The summed E-state index contributed by atoms with van der Waals surface area (Å²) in [6.45, 7) is 0. The topological polar surface area (TPSA) is 55.3 Å². The first-order valence-corrected chi connectivity index (χ1v) is 5.71. The molecule has 2 rings (SSSR count). The van der Waals surface area contributed by atoms with E-state index in [1.807, 2.05) is 35.9 Å². The van der Waals surface area contributed by atoms with E-state index in [1.165, 1.54) is 0 Å². The molecule has 0 radical (unpaired) electrons. The molecule has 1 heterocycles. The third-order valence-electron chi connectivity index (χ3n) is 2.44. The molecule has 0 aliphatic carbocycles. The zero-order chi connectivity index (χ0) is 12.4. The summed E-state index contributed by atoms with van der Waals surface area (Å²) in [5, 5.41) is 5.71. The fraction of sp³-hybridized carbons (Fsp3) is 0.0909. The molecule has 0 atom stereocenters. The van der Waals surface area contributed by atoms with Crippen LogP contribution >= 0.6 is 23.8 Å². The summed E-state index contributed by atoms with van der Waals surface area (Å²) in [6, 6.07) is 7.91. The number of hydrogen-bond donors (Lipinski definition) is 2. The van der Waals surface area contributed by atoms with Gasteiger partial charge in [-0.05, 0) is 18.3 Å². The van der Waals surface area contributed by atoms with Crippen LogP contribution in [0.25, 0.3) is 10.9 Å². The highest BCUT2D eigenvalue weighted by Crippen LogP contribution is 2.27. The fourth-order valence-electron chi connectivity index (χ4n) is 1.67. The number of para-hydroxylation sites is 1. The molecule has 0 saturated carbocycles. The van der Waals surface area contributed by atoms with Gasteiger partial charge in [0.25, 0.3) is 0 Å². The van der Waals surface area contributed by atoms with Crippen LogP contribution in [0.4, 0.5) is 0 Å². The second-order valence-electron chi connectivity index (χ2n) is 3.51. The van der Waals surface area contributed by atoms with Crippen molar-refractivity contribution in [1.29, 1.82) is 0 Å². The minimum Gasteiger partial charge on any atom is -0.375 e.